The molecule has 0 aliphatic carbocycles. The van der Waals surface area contributed by atoms with Crippen LogP contribution in [0.5, 0.6) is 5.75 Å². The van der Waals surface area contributed by atoms with E-state index in [1.54, 1.807) is 24.5 Å². The highest BCUT2D eigenvalue weighted by Gasteiger charge is 2.42. The van der Waals surface area contributed by atoms with Gasteiger partial charge in [0.2, 0.25) is 0 Å². The van der Waals surface area contributed by atoms with Gasteiger partial charge in [-0.15, -0.1) is 0 Å². The van der Waals surface area contributed by atoms with Gasteiger partial charge in [-0.3, -0.25) is 9.97 Å². The molecular formula is C23H19N5OS. The zero-order chi connectivity index (χ0) is 20.5. The standard InChI is InChI=1S/C23H19N5OS/c29-18-10-8-16(9-11-18)28-22(21(26-23(28)30)19-6-1-2-13-25-19)20-7-4-14-27(20)17-5-3-12-24-15-17/h1-15,21-22,29H,(H,26,30)/t21-,22-/m0/s1. The van der Waals surface area contributed by atoms with E-state index in [0.29, 0.717) is 5.11 Å². The first-order valence-corrected chi connectivity index (χ1v) is 10.0. The highest BCUT2D eigenvalue weighted by atomic mass is 32.1. The Morgan fingerprint density at radius 2 is 1.77 bits per heavy atom. The number of aromatic hydroxyl groups is 1. The summed E-state index contributed by atoms with van der Waals surface area (Å²) < 4.78 is 2.12. The summed E-state index contributed by atoms with van der Waals surface area (Å²) in [5.41, 5.74) is 3.83. The van der Waals surface area contributed by atoms with E-state index in [1.807, 2.05) is 60.9 Å². The van der Waals surface area contributed by atoms with Crippen LogP contribution in [0.15, 0.2) is 91.5 Å². The highest BCUT2D eigenvalue weighted by Crippen LogP contribution is 2.42. The van der Waals surface area contributed by atoms with E-state index in [4.69, 9.17) is 12.2 Å². The number of phenols is 1. The molecule has 30 heavy (non-hydrogen) atoms. The predicted octanol–water partition coefficient (Wildman–Crippen LogP) is 4.15. The summed E-state index contributed by atoms with van der Waals surface area (Å²) in [4.78, 5) is 10.9. The molecule has 0 amide bonds. The van der Waals surface area contributed by atoms with E-state index < -0.39 is 0 Å². The lowest BCUT2D eigenvalue weighted by Crippen LogP contribution is -2.30. The van der Waals surface area contributed by atoms with E-state index >= 15 is 0 Å². The number of aromatic nitrogens is 3. The van der Waals surface area contributed by atoms with Crippen LogP contribution in [0, 0.1) is 0 Å². The Labute approximate surface area is 179 Å². The fourth-order valence-electron chi connectivity index (χ4n) is 3.91. The van der Waals surface area contributed by atoms with Crippen LogP contribution in [0.4, 0.5) is 5.69 Å². The van der Waals surface area contributed by atoms with Crippen LogP contribution < -0.4 is 10.2 Å². The first kappa shape index (κ1) is 18.3. The van der Waals surface area contributed by atoms with Crippen LogP contribution >= 0.6 is 12.2 Å². The number of hydrogen-bond acceptors (Lipinski definition) is 4. The fraction of sp³-hybridized carbons (Fsp3) is 0.0870. The van der Waals surface area contributed by atoms with Crippen LogP contribution in [0.2, 0.25) is 0 Å². The molecule has 0 bridgehead atoms. The maximum Gasteiger partial charge on any atom is 0.174 e. The number of anilines is 1. The largest absolute Gasteiger partial charge is 0.508 e. The third-order valence-electron chi connectivity index (χ3n) is 5.23. The van der Waals surface area contributed by atoms with Gasteiger partial charge >= 0.3 is 0 Å². The van der Waals surface area contributed by atoms with Crippen molar-refractivity contribution >= 4 is 23.0 Å². The molecule has 4 heterocycles. The van der Waals surface area contributed by atoms with Gasteiger partial charge in [-0.25, -0.2) is 0 Å². The Bertz CT molecular complexity index is 1160. The van der Waals surface area contributed by atoms with Crippen molar-refractivity contribution in [1.29, 1.82) is 0 Å². The highest BCUT2D eigenvalue weighted by molar-refractivity contribution is 7.80. The predicted molar refractivity (Wildman–Crippen MR) is 120 cm³/mol. The number of hydrogen-bond donors (Lipinski definition) is 2. The topological polar surface area (TPSA) is 66.2 Å². The first-order valence-electron chi connectivity index (χ1n) is 9.60. The molecule has 1 aromatic carbocycles. The summed E-state index contributed by atoms with van der Waals surface area (Å²) in [6.45, 7) is 0. The molecule has 7 heteroatoms. The van der Waals surface area contributed by atoms with Crippen molar-refractivity contribution in [2.75, 3.05) is 4.90 Å². The van der Waals surface area contributed by atoms with Gasteiger partial charge in [0.1, 0.15) is 11.8 Å². The van der Waals surface area contributed by atoms with Gasteiger partial charge in [0.15, 0.2) is 5.11 Å². The molecule has 1 fully saturated rings. The third-order valence-corrected chi connectivity index (χ3v) is 5.55. The molecule has 6 nitrogen and oxygen atoms in total. The lowest BCUT2D eigenvalue weighted by atomic mass is 10.0. The smallest absolute Gasteiger partial charge is 0.174 e. The maximum atomic E-state index is 9.75. The summed E-state index contributed by atoms with van der Waals surface area (Å²) >= 11 is 5.75. The summed E-state index contributed by atoms with van der Waals surface area (Å²) in [6.07, 6.45) is 7.42. The molecule has 1 saturated heterocycles. The van der Waals surface area contributed by atoms with Crippen molar-refractivity contribution in [2.45, 2.75) is 12.1 Å². The Balaban J connectivity index is 1.67. The van der Waals surface area contributed by atoms with Crippen molar-refractivity contribution in [3.05, 3.63) is 103 Å². The number of nitrogens with zero attached hydrogens (tertiary/aromatic N) is 4. The van der Waals surface area contributed by atoms with Crippen molar-refractivity contribution in [1.82, 2.24) is 19.9 Å². The number of benzene rings is 1. The molecule has 2 atom stereocenters. The summed E-state index contributed by atoms with van der Waals surface area (Å²) in [5, 5.41) is 13.8. The van der Waals surface area contributed by atoms with Crippen molar-refractivity contribution in [2.24, 2.45) is 0 Å². The second kappa shape index (κ2) is 7.61. The minimum Gasteiger partial charge on any atom is -0.508 e. The minimum atomic E-state index is -0.146. The molecule has 3 aromatic heterocycles. The van der Waals surface area contributed by atoms with Gasteiger partial charge in [0.05, 0.1) is 23.6 Å². The van der Waals surface area contributed by atoms with Gasteiger partial charge < -0.3 is 19.9 Å². The van der Waals surface area contributed by atoms with Gasteiger partial charge in [-0.1, -0.05) is 6.07 Å². The van der Waals surface area contributed by atoms with E-state index in [1.165, 1.54) is 0 Å². The molecule has 0 radical (unpaired) electrons. The van der Waals surface area contributed by atoms with Gasteiger partial charge in [-0.05, 0) is 72.9 Å². The van der Waals surface area contributed by atoms with Crippen molar-refractivity contribution in [3.8, 4) is 11.4 Å². The van der Waals surface area contributed by atoms with Crippen LogP contribution in [0.25, 0.3) is 5.69 Å². The molecule has 0 saturated carbocycles. The first-order chi connectivity index (χ1) is 14.7. The average Bonchev–Trinajstić information content (AvgIpc) is 3.40. The molecule has 4 aromatic rings. The summed E-state index contributed by atoms with van der Waals surface area (Å²) in [5.74, 6) is 0.216. The monoisotopic (exact) mass is 413 g/mol. The molecule has 0 unspecified atom stereocenters. The van der Waals surface area contributed by atoms with Crippen LogP contribution in [-0.2, 0) is 0 Å². The van der Waals surface area contributed by atoms with Crippen molar-refractivity contribution in [3.63, 3.8) is 0 Å². The van der Waals surface area contributed by atoms with E-state index in [2.05, 4.69) is 30.8 Å². The van der Waals surface area contributed by atoms with E-state index in [0.717, 1.165) is 22.8 Å². The second-order valence-corrected chi connectivity index (χ2v) is 7.41. The average molecular weight is 414 g/mol. The Kier molecular flexibility index (Phi) is 4.65. The van der Waals surface area contributed by atoms with Crippen LogP contribution in [-0.4, -0.2) is 24.8 Å². The Morgan fingerprint density at radius 3 is 2.50 bits per heavy atom. The van der Waals surface area contributed by atoms with Crippen LogP contribution in [0.1, 0.15) is 23.5 Å². The SMILES string of the molecule is Oc1ccc(N2C(=S)N[C@@H](c3ccccn3)[C@@H]2c2cccn2-c2cccnc2)cc1. The number of rotatable bonds is 4. The maximum absolute atomic E-state index is 9.75. The van der Waals surface area contributed by atoms with E-state index in [9.17, 15) is 5.11 Å². The zero-order valence-corrected chi connectivity index (χ0v) is 16.8. The van der Waals surface area contributed by atoms with E-state index in [-0.39, 0.29) is 17.8 Å². The minimum absolute atomic E-state index is 0.141. The van der Waals surface area contributed by atoms with Gasteiger partial charge in [0.25, 0.3) is 0 Å². The Hall–Kier alpha value is -3.71. The molecule has 1 aliphatic heterocycles. The molecule has 2 N–H and O–H groups in total. The number of phenolic OH excluding ortho intramolecular Hbond substituents is 1. The fourth-order valence-corrected chi connectivity index (χ4v) is 4.26. The quantitative estimate of drug-likeness (QED) is 0.490. The summed E-state index contributed by atoms with van der Waals surface area (Å²) in [7, 11) is 0. The zero-order valence-electron chi connectivity index (χ0n) is 16.0. The van der Waals surface area contributed by atoms with Gasteiger partial charge in [-0.2, -0.15) is 0 Å². The van der Waals surface area contributed by atoms with Gasteiger partial charge in [0, 0.05) is 30.0 Å². The lowest BCUT2D eigenvalue weighted by molar-refractivity contribution is 0.475. The summed E-state index contributed by atoms with van der Waals surface area (Å²) in [6, 6.07) is 20.7. The lowest BCUT2D eigenvalue weighted by Gasteiger charge is -2.29. The molecular weight excluding hydrogens is 394 g/mol. The molecule has 148 valence electrons. The molecule has 5 rings (SSSR count). The molecule has 0 spiro atoms. The normalized spacial score (nSPS) is 18.4. The van der Waals surface area contributed by atoms with Crippen molar-refractivity contribution < 1.29 is 5.11 Å². The second-order valence-electron chi connectivity index (χ2n) is 7.03. The number of thiocarbonyl (C=S) groups is 1. The molecule has 1 aliphatic rings. The third kappa shape index (κ3) is 3.19. The Morgan fingerprint density at radius 1 is 0.900 bits per heavy atom. The van der Waals surface area contributed by atoms with Crippen LogP contribution in [0.3, 0.4) is 0 Å². The number of nitrogens with one attached hydrogen (secondary N) is 1. The number of pyridine rings is 2.